The van der Waals surface area contributed by atoms with Gasteiger partial charge < -0.3 is 19.9 Å². The number of nitrogens with zero attached hydrogens (tertiary/aromatic N) is 4. The van der Waals surface area contributed by atoms with Crippen molar-refractivity contribution in [3.05, 3.63) is 0 Å². The lowest BCUT2D eigenvalue weighted by atomic mass is 10.0. The second kappa shape index (κ2) is 9.21. The Morgan fingerprint density at radius 2 is 2.15 bits per heavy atom. The molecule has 0 spiro atoms. The third-order valence-electron chi connectivity index (χ3n) is 4.93. The normalized spacial score (nSPS) is 18.6. The number of nitrogen functional groups attached to an aromatic ring is 1. The molecule has 2 unspecified atom stereocenters. The Kier molecular flexibility index (Phi) is 6.71. The Morgan fingerprint density at radius 1 is 1.30 bits per heavy atom. The monoisotopic (exact) mass is 377 g/mol. The first-order valence-corrected chi connectivity index (χ1v) is 9.98. The van der Waals surface area contributed by atoms with E-state index in [-0.39, 0.29) is 6.10 Å². The molecule has 1 aliphatic heterocycles. The molecule has 0 bridgehead atoms. The van der Waals surface area contributed by atoms with Gasteiger partial charge in [-0.25, -0.2) is 0 Å². The van der Waals surface area contributed by atoms with Gasteiger partial charge in [-0.2, -0.15) is 15.0 Å². The highest BCUT2D eigenvalue weighted by Gasteiger charge is 2.19. The maximum atomic E-state index is 6.11. The molecule has 0 saturated carbocycles. The van der Waals surface area contributed by atoms with Crippen LogP contribution in [0.2, 0.25) is 0 Å². The number of methoxy groups -OCH3 is 1. The zero-order valence-corrected chi connectivity index (χ0v) is 16.6. The molecule has 1 saturated heterocycles. The van der Waals surface area contributed by atoms with E-state index in [1.807, 2.05) is 11.5 Å². The average Bonchev–Trinajstić information content (AvgIpc) is 3.01. The number of anilines is 1. The van der Waals surface area contributed by atoms with Crippen LogP contribution < -0.4 is 15.2 Å². The molecule has 3 heterocycles. The van der Waals surface area contributed by atoms with Gasteiger partial charge in [0.2, 0.25) is 0 Å². The van der Waals surface area contributed by atoms with E-state index < -0.39 is 0 Å². The fourth-order valence-corrected chi connectivity index (χ4v) is 3.55. The summed E-state index contributed by atoms with van der Waals surface area (Å²) in [5, 5.41) is 0. The van der Waals surface area contributed by atoms with Gasteiger partial charge >= 0.3 is 6.01 Å². The van der Waals surface area contributed by atoms with Gasteiger partial charge in [-0.1, -0.05) is 13.3 Å². The minimum Gasteiger partial charge on any atom is -0.468 e. The van der Waals surface area contributed by atoms with E-state index in [4.69, 9.17) is 19.9 Å². The summed E-state index contributed by atoms with van der Waals surface area (Å²) in [4.78, 5) is 13.3. The maximum absolute atomic E-state index is 6.11. The van der Waals surface area contributed by atoms with Gasteiger partial charge in [0.05, 0.1) is 19.3 Å². The van der Waals surface area contributed by atoms with Crippen molar-refractivity contribution < 1.29 is 14.2 Å². The number of rotatable bonds is 9. The van der Waals surface area contributed by atoms with Crippen molar-refractivity contribution in [2.75, 3.05) is 19.5 Å². The Morgan fingerprint density at radius 3 is 2.85 bits per heavy atom. The van der Waals surface area contributed by atoms with E-state index in [2.05, 4.69) is 21.9 Å². The zero-order valence-electron chi connectivity index (χ0n) is 16.6. The maximum Gasteiger partial charge on any atom is 0.320 e. The molecule has 2 aromatic heterocycles. The minimum atomic E-state index is 0.0357. The summed E-state index contributed by atoms with van der Waals surface area (Å²) >= 11 is 0. The van der Waals surface area contributed by atoms with Crippen LogP contribution in [0.3, 0.4) is 0 Å². The van der Waals surface area contributed by atoms with Crippen molar-refractivity contribution in [2.24, 2.45) is 0 Å². The molecule has 1 fully saturated rings. The van der Waals surface area contributed by atoms with Crippen molar-refractivity contribution in [2.45, 2.75) is 77.5 Å². The lowest BCUT2D eigenvalue weighted by Gasteiger charge is -2.22. The number of hydrogen-bond acceptors (Lipinski definition) is 7. The molecular weight excluding hydrogens is 346 g/mol. The molecule has 3 rings (SSSR count). The Balaban J connectivity index is 1.78. The van der Waals surface area contributed by atoms with Crippen LogP contribution in [0.4, 0.5) is 5.82 Å². The summed E-state index contributed by atoms with van der Waals surface area (Å²) in [5.74, 6) is 0.311. The second-order valence-corrected chi connectivity index (χ2v) is 7.16. The standard InChI is InChI=1S/C19H31N5O3/c1-4-8-13(2)27-18-22-16(20)15-17(23-18)24(19(21-15)25-3)11-7-10-14-9-5-6-12-26-14/h13-14H,4-12H2,1-3H3,(H2,20,22,23). The highest BCUT2D eigenvalue weighted by atomic mass is 16.5. The van der Waals surface area contributed by atoms with Crippen LogP contribution in [0.25, 0.3) is 11.2 Å². The van der Waals surface area contributed by atoms with Crippen LogP contribution >= 0.6 is 0 Å². The molecule has 27 heavy (non-hydrogen) atoms. The van der Waals surface area contributed by atoms with Crippen LogP contribution in [0.1, 0.15) is 58.8 Å². The predicted octanol–water partition coefficient (Wildman–Crippen LogP) is 3.33. The number of ether oxygens (including phenoxy) is 3. The van der Waals surface area contributed by atoms with Crippen LogP contribution in [-0.4, -0.2) is 45.4 Å². The van der Waals surface area contributed by atoms with Gasteiger partial charge in [-0.3, -0.25) is 4.57 Å². The quantitative estimate of drug-likeness (QED) is 0.716. The Labute approximate surface area is 160 Å². The molecule has 2 aromatic rings. The van der Waals surface area contributed by atoms with Crippen LogP contribution in [0.15, 0.2) is 0 Å². The molecule has 8 heteroatoms. The molecule has 2 atom stereocenters. The first-order valence-electron chi connectivity index (χ1n) is 9.98. The predicted molar refractivity (Wildman–Crippen MR) is 104 cm³/mol. The van der Waals surface area contributed by atoms with Gasteiger partial charge in [-0.15, -0.1) is 0 Å². The fraction of sp³-hybridized carbons (Fsp3) is 0.737. The largest absolute Gasteiger partial charge is 0.468 e. The highest BCUT2D eigenvalue weighted by Crippen LogP contribution is 2.27. The lowest BCUT2D eigenvalue weighted by Crippen LogP contribution is -2.19. The van der Waals surface area contributed by atoms with E-state index >= 15 is 0 Å². The first kappa shape index (κ1) is 19.7. The van der Waals surface area contributed by atoms with E-state index in [0.717, 1.165) is 45.3 Å². The smallest absolute Gasteiger partial charge is 0.320 e. The third kappa shape index (κ3) is 4.80. The number of imidazole rings is 1. The summed E-state index contributed by atoms with van der Waals surface area (Å²) in [7, 11) is 1.60. The van der Waals surface area contributed by atoms with Gasteiger partial charge in [0.1, 0.15) is 0 Å². The van der Waals surface area contributed by atoms with E-state index in [1.54, 1.807) is 7.11 Å². The molecule has 2 N–H and O–H groups in total. The molecule has 0 amide bonds. The van der Waals surface area contributed by atoms with Crippen molar-refractivity contribution in [3.8, 4) is 12.0 Å². The third-order valence-corrected chi connectivity index (χ3v) is 4.93. The lowest BCUT2D eigenvalue weighted by molar-refractivity contribution is 0.00948. The number of aromatic nitrogens is 4. The van der Waals surface area contributed by atoms with Crippen molar-refractivity contribution >= 4 is 17.0 Å². The number of hydrogen-bond donors (Lipinski definition) is 1. The molecule has 0 radical (unpaired) electrons. The van der Waals surface area contributed by atoms with Gasteiger partial charge in [0, 0.05) is 13.2 Å². The average molecular weight is 377 g/mol. The first-order chi connectivity index (χ1) is 13.1. The molecule has 8 nitrogen and oxygen atoms in total. The van der Waals surface area contributed by atoms with Crippen molar-refractivity contribution in [1.82, 2.24) is 19.5 Å². The molecule has 150 valence electrons. The van der Waals surface area contributed by atoms with E-state index in [9.17, 15) is 0 Å². The molecule has 0 aromatic carbocycles. The SMILES string of the molecule is CCCC(C)Oc1nc(N)c2nc(OC)n(CCCC3CCCCO3)c2n1. The van der Waals surface area contributed by atoms with Gasteiger partial charge in [-0.05, 0) is 45.4 Å². The van der Waals surface area contributed by atoms with E-state index in [1.165, 1.54) is 12.8 Å². The topological polar surface area (TPSA) is 97.3 Å². The summed E-state index contributed by atoms with van der Waals surface area (Å²) in [6, 6.07) is 0.787. The molecule has 1 aliphatic rings. The van der Waals surface area contributed by atoms with Crippen LogP contribution in [0.5, 0.6) is 12.0 Å². The zero-order chi connectivity index (χ0) is 19.2. The number of fused-ring (bicyclic) bond motifs is 1. The highest BCUT2D eigenvalue weighted by molar-refractivity contribution is 5.83. The summed E-state index contributed by atoms with van der Waals surface area (Å²) in [6.07, 6.45) is 7.90. The van der Waals surface area contributed by atoms with Gasteiger partial charge in [0.25, 0.3) is 6.01 Å². The van der Waals surface area contributed by atoms with Crippen molar-refractivity contribution in [3.63, 3.8) is 0 Å². The van der Waals surface area contributed by atoms with Crippen LogP contribution in [-0.2, 0) is 11.3 Å². The fourth-order valence-electron chi connectivity index (χ4n) is 3.55. The summed E-state index contributed by atoms with van der Waals surface area (Å²) in [6.45, 7) is 5.74. The van der Waals surface area contributed by atoms with Crippen LogP contribution in [0, 0.1) is 0 Å². The Hall–Kier alpha value is -2.09. The van der Waals surface area contributed by atoms with E-state index in [0.29, 0.717) is 35.1 Å². The Bertz CT molecular complexity index is 743. The number of nitrogens with two attached hydrogens (primary N) is 1. The van der Waals surface area contributed by atoms with Crippen molar-refractivity contribution in [1.29, 1.82) is 0 Å². The van der Waals surface area contributed by atoms with Gasteiger partial charge in [0.15, 0.2) is 17.0 Å². The number of aryl methyl sites for hydroxylation is 1. The minimum absolute atomic E-state index is 0.0357. The molecular formula is C19H31N5O3. The molecule has 0 aliphatic carbocycles. The summed E-state index contributed by atoms with van der Waals surface area (Å²) in [5.41, 5.74) is 7.31. The second-order valence-electron chi connectivity index (χ2n) is 7.16. The summed E-state index contributed by atoms with van der Waals surface area (Å²) < 4.78 is 19.1.